The molecule has 33 heavy (non-hydrogen) atoms. The maximum absolute atomic E-state index is 12.8. The zero-order chi connectivity index (χ0) is 22.5. The Morgan fingerprint density at radius 3 is 2.30 bits per heavy atom. The summed E-state index contributed by atoms with van der Waals surface area (Å²) in [6, 6.07) is 21.1. The van der Waals surface area contributed by atoms with Crippen LogP contribution in [0, 0.1) is 0 Å². The third-order valence-electron chi connectivity index (χ3n) is 7.04. The lowest BCUT2D eigenvalue weighted by Crippen LogP contribution is -2.26. The fourth-order valence-electron chi connectivity index (χ4n) is 5.61. The van der Waals surface area contributed by atoms with E-state index in [9.17, 15) is 14.4 Å². The van der Waals surface area contributed by atoms with Crippen molar-refractivity contribution in [3.63, 3.8) is 0 Å². The highest BCUT2D eigenvalue weighted by Gasteiger charge is 2.42. The Morgan fingerprint density at radius 1 is 0.879 bits per heavy atom. The summed E-state index contributed by atoms with van der Waals surface area (Å²) in [7, 11) is 0. The SMILES string of the molecule is O=COc1ccc(N2c3ccc(C=C4C(=O)c5ccccc5C4=O)cc3C3CCCC32)cc1. The van der Waals surface area contributed by atoms with Crippen molar-refractivity contribution >= 4 is 35.5 Å². The average Bonchev–Trinajstić information content (AvgIpc) is 3.49. The number of allylic oxidation sites excluding steroid dienone is 1. The van der Waals surface area contributed by atoms with Crippen molar-refractivity contribution in [3.8, 4) is 5.75 Å². The molecule has 2 unspecified atom stereocenters. The summed E-state index contributed by atoms with van der Waals surface area (Å²) in [6.07, 6.45) is 5.12. The first-order valence-electron chi connectivity index (χ1n) is 11.2. The molecule has 3 aliphatic rings. The molecule has 1 heterocycles. The molecule has 0 radical (unpaired) electrons. The van der Waals surface area contributed by atoms with Gasteiger partial charge >= 0.3 is 0 Å². The first-order valence-corrected chi connectivity index (χ1v) is 11.2. The van der Waals surface area contributed by atoms with E-state index < -0.39 is 0 Å². The van der Waals surface area contributed by atoms with Gasteiger partial charge in [0.05, 0.1) is 5.57 Å². The molecule has 0 N–H and O–H groups in total. The zero-order valence-electron chi connectivity index (χ0n) is 17.9. The quantitative estimate of drug-likeness (QED) is 0.309. The second-order valence-corrected chi connectivity index (χ2v) is 8.76. The fourth-order valence-corrected chi connectivity index (χ4v) is 5.61. The number of ether oxygens (including phenoxy) is 1. The molecule has 6 rings (SSSR count). The van der Waals surface area contributed by atoms with Crippen molar-refractivity contribution in [1.29, 1.82) is 0 Å². The van der Waals surface area contributed by atoms with Gasteiger partial charge in [-0.3, -0.25) is 14.4 Å². The van der Waals surface area contributed by atoms with Crippen LogP contribution in [0.3, 0.4) is 0 Å². The Bertz CT molecular complexity index is 1300. The van der Waals surface area contributed by atoms with E-state index in [0.29, 0.717) is 35.3 Å². The molecule has 0 aromatic heterocycles. The third kappa shape index (κ3) is 3.04. The lowest BCUT2D eigenvalue weighted by molar-refractivity contribution is -0.120. The second kappa shape index (κ2) is 7.55. The van der Waals surface area contributed by atoms with E-state index >= 15 is 0 Å². The van der Waals surface area contributed by atoms with Crippen molar-refractivity contribution in [2.24, 2.45) is 0 Å². The average molecular weight is 435 g/mol. The van der Waals surface area contributed by atoms with Gasteiger partial charge in [-0.25, -0.2) is 0 Å². The number of Topliss-reactive ketones (excluding diaryl/α,β-unsaturated/α-hetero) is 2. The molecule has 162 valence electrons. The predicted molar refractivity (Wildman–Crippen MR) is 125 cm³/mol. The fraction of sp³-hybridized carbons (Fsp3) is 0.179. The first kappa shape index (κ1) is 19.7. The van der Waals surface area contributed by atoms with Crippen molar-refractivity contribution in [3.05, 3.63) is 94.6 Å². The van der Waals surface area contributed by atoms with Crippen molar-refractivity contribution < 1.29 is 19.1 Å². The van der Waals surface area contributed by atoms with Gasteiger partial charge in [0.2, 0.25) is 0 Å². The molecule has 3 aromatic rings. The summed E-state index contributed by atoms with van der Waals surface area (Å²) in [5.74, 6) is 0.532. The van der Waals surface area contributed by atoms with Gasteiger partial charge in [-0.15, -0.1) is 0 Å². The summed E-state index contributed by atoms with van der Waals surface area (Å²) < 4.78 is 4.94. The molecule has 1 fully saturated rings. The van der Waals surface area contributed by atoms with E-state index in [0.717, 1.165) is 36.2 Å². The number of anilines is 2. The van der Waals surface area contributed by atoms with Crippen molar-refractivity contribution in [2.75, 3.05) is 4.90 Å². The highest BCUT2D eigenvalue weighted by molar-refractivity contribution is 6.41. The van der Waals surface area contributed by atoms with Crippen LogP contribution >= 0.6 is 0 Å². The zero-order valence-corrected chi connectivity index (χ0v) is 17.9. The van der Waals surface area contributed by atoms with Crippen LogP contribution in [-0.4, -0.2) is 24.1 Å². The molecular formula is C28H21NO4. The number of benzene rings is 3. The van der Waals surface area contributed by atoms with E-state index in [-0.39, 0.29) is 17.1 Å². The summed E-state index contributed by atoms with van der Waals surface area (Å²) in [6.45, 7) is 0.432. The summed E-state index contributed by atoms with van der Waals surface area (Å²) in [4.78, 5) is 38.6. The van der Waals surface area contributed by atoms with Crippen LogP contribution in [0.15, 0.2) is 72.3 Å². The predicted octanol–water partition coefficient (Wildman–Crippen LogP) is 5.47. The minimum atomic E-state index is -0.200. The molecule has 2 atom stereocenters. The Labute approximate surface area is 191 Å². The van der Waals surface area contributed by atoms with E-state index in [4.69, 9.17) is 4.74 Å². The smallest absolute Gasteiger partial charge is 0.298 e. The molecular weight excluding hydrogens is 414 g/mol. The Balaban J connectivity index is 1.38. The lowest BCUT2D eigenvalue weighted by Gasteiger charge is -2.27. The van der Waals surface area contributed by atoms with Gasteiger partial charge in [-0.2, -0.15) is 0 Å². The maximum atomic E-state index is 12.8. The molecule has 0 bridgehead atoms. The molecule has 2 aliphatic carbocycles. The second-order valence-electron chi connectivity index (χ2n) is 8.76. The van der Waals surface area contributed by atoms with Gasteiger partial charge in [-0.05, 0) is 66.4 Å². The van der Waals surface area contributed by atoms with Gasteiger partial charge in [-0.1, -0.05) is 36.8 Å². The van der Waals surface area contributed by atoms with E-state index in [1.807, 2.05) is 18.2 Å². The summed E-state index contributed by atoms with van der Waals surface area (Å²) >= 11 is 0. The molecule has 0 saturated heterocycles. The van der Waals surface area contributed by atoms with E-state index in [1.54, 1.807) is 42.5 Å². The molecule has 0 amide bonds. The summed E-state index contributed by atoms with van der Waals surface area (Å²) in [5, 5.41) is 0. The van der Waals surface area contributed by atoms with Gasteiger partial charge in [0.1, 0.15) is 5.75 Å². The Hall–Kier alpha value is -3.99. The normalized spacial score (nSPS) is 20.5. The number of rotatable bonds is 4. The first-order chi connectivity index (χ1) is 16.2. The van der Waals surface area contributed by atoms with Crippen molar-refractivity contribution in [2.45, 2.75) is 31.2 Å². The monoisotopic (exact) mass is 435 g/mol. The van der Waals surface area contributed by atoms with Gasteiger partial charge < -0.3 is 9.64 Å². The molecule has 0 spiro atoms. The number of ketones is 2. The number of carbonyl (C=O) groups excluding carboxylic acids is 3. The van der Waals surface area contributed by atoms with Crippen LogP contribution < -0.4 is 9.64 Å². The number of nitrogens with zero attached hydrogens (tertiary/aromatic N) is 1. The number of carbonyl (C=O) groups is 3. The molecule has 5 heteroatoms. The van der Waals surface area contributed by atoms with Crippen LogP contribution in [0.25, 0.3) is 6.08 Å². The van der Waals surface area contributed by atoms with Gasteiger partial charge in [0, 0.05) is 34.5 Å². The minimum Gasteiger partial charge on any atom is -0.429 e. The third-order valence-corrected chi connectivity index (χ3v) is 7.04. The molecule has 3 aromatic carbocycles. The largest absolute Gasteiger partial charge is 0.429 e. The van der Waals surface area contributed by atoms with Crippen LogP contribution in [-0.2, 0) is 4.79 Å². The van der Waals surface area contributed by atoms with Crippen molar-refractivity contribution in [1.82, 2.24) is 0 Å². The summed E-state index contributed by atoms with van der Waals surface area (Å²) in [5.41, 5.74) is 5.56. The van der Waals surface area contributed by atoms with Gasteiger partial charge in [0.25, 0.3) is 6.47 Å². The molecule has 1 saturated carbocycles. The Kier molecular flexibility index (Phi) is 4.50. The molecule has 1 aliphatic heterocycles. The highest BCUT2D eigenvalue weighted by Crippen LogP contribution is 2.52. The van der Waals surface area contributed by atoms with E-state index in [2.05, 4.69) is 17.0 Å². The lowest BCUT2D eigenvalue weighted by atomic mass is 9.95. The van der Waals surface area contributed by atoms with E-state index in [1.165, 1.54) is 5.56 Å². The van der Waals surface area contributed by atoms with Crippen LogP contribution in [0.4, 0.5) is 11.4 Å². The highest BCUT2D eigenvalue weighted by atomic mass is 16.5. The molecule has 5 nitrogen and oxygen atoms in total. The van der Waals surface area contributed by atoms with Crippen LogP contribution in [0.1, 0.15) is 57.0 Å². The number of fused-ring (bicyclic) bond motifs is 4. The maximum Gasteiger partial charge on any atom is 0.298 e. The Morgan fingerprint density at radius 2 is 1.61 bits per heavy atom. The number of hydrogen-bond acceptors (Lipinski definition) is 5. The van der Waals surface area contributed by atoms with Crippen LogP contribution in [0.2, 0.25) is 0 Å². The van der Waals surface area contributed by atoms with Crippen LogP contribution in [0.5, 0.6) is 5.75 Å². The van der Waals surface area contributed by atoms with Gasteiger partial charge in [0.15, 0.2) is 11.6 Å². The topological polar surface area (TPSA) is 63.7 Å². The number of hydrogen-bond donors (Lipinski definition) is 0. The minimum absolute atomic E-state index is 0.200. The standard InChI is InChI=1S/C28H21NO4/c30-16-33-19-11-9-18(10-12-19)29-25-7-3-6-20(25)23-14-17(8-13-26(23)29)15-24-27(31)21-4-1-2-5-22(21)28(24)32/h1-2,4-5,8-16,20,25H,3,6-7H2.